The summed E-state index contributed by atoms with van der Waals surface area (Å²) >= 11 is 0. The van der Waals surface area contributed by atoms with Crippen LogP contribution in [-0.2, 0) is 0 Å². The minimum absolute atomic E-state index is 1.24. The van der Waals surface area contributed by atoms with Gasteiger partial charge in [-0.25, -0.2) is 0 Å². The Balaban J connectivity index is 1.49. The van der Waals surface area contributed by atoms with Gasteiger partial charge in [-0.15, -0.1) is 0 Å². The summed E-state index contributed by atoms with van der Waals surface area (Å²) in [6.07, 6.45) is 0. The maximum Gasteiger partial charge on any atom is -0.00261 e. The predicted molar refractivity (Wildman–Crippen MR) is 173 cm³/mol. The predicted octanol–water partition coefficient (Wildman–Crippen LogP) is 11.3. The van der Waals surface area contributed by atoms with Crippen LogP contribution in [0.25, 0.3) is 76.5 Å². The molecule has 0 unspecified atom stereocenters. The first-order chi connectivity index (χ1) is 19.9. The fraction of sp³-hybridized carbons (Fsp3) is 0. The highest BCUT2D eigenvalue weighted by Gasteiger charge is 2.17. The van der Waals surface area contributed by atoms with Crippen molar-refractivity contribution < 1.29 is 0 Å². The molecule has 0 fully saturated rings. The van der Waals surface area contributed by atoms with Crippen LogP contribution in [0.3, 0.4) is 0 Å². The topological polar surface area (TPSA) is 0 Å². The lowest BCUT2D eigenvalue weighted by Crippen LogP contribution is -1.91. The Bertz CT molecular complexity index is 2130. The molecule has 0 saturated heterocycles. The zero-order valence-electron chi connectivity index (χ0n) is 22.0. The molecule has 0 spiro atoms. The smallest absolute Gasteiger partial charge is 0.00261 e. The third-order valence-electron chi connectivity index (χ3n) is 8.23. The lowest BCUT2D eigenvalue weighted by Gasteiger charge is -2.18. The van der Waals surface area contributed by atoms with Gasteiger partial charge in [-0.2, -0.15) is 0 Å². The number of hydrogen-bond acceptors (Lipinski definition) is 0. The van der Waals surface area contributed by atoms with E-state index in [4.69, 9.17) is 0 Å². The van der Waals surface area contributed by atoms with E-state index in [2.05, 4.69) is 158 Å². The van der Waals surface area contributed by atoms with Crippen molar-refractivity contribution >= 4 is 43.1 Å². The molecule has 0 aliphatic heterocycles. The van der Waals surface area contributed by atoms with E-state index in [1.807, 2.05) is 0 Å². The highest BCUT2D eigenvalue weighted by Crippen LogP contribution is 2.45. The molecular weight excluding hydrogens is 480 g/mol. The summed E-state index contributed by atoms with van der Waals surface area (Å²) in [5.41, 5.74) is 7.60. The van der Waals surface area contributed by atoms with Gasteiger partial charge in [0.25, 0.3) is 0 Å². The van der Waals surface area contributed by atoms with Gasteiger partial charge in [-0.05, 0) is 88.6 Å². The van der Waals surface area contributed by atoms with Crippen molar-refractivity contribution in [2.75, 3.05) is 0 Å². The van der Waals surface area contributed by atoms with E-state index < -0.39 is 0 Å². The SMILES string of the molecule is c1ccc(-c2c3ccccc3c(-c3ccc4c(-c5ccccc5)cc5ccccc5c4c3)c3ccccc23)cc1. The van der Waals surface area contributed by atoms with Crippen LogP contribution in [0.1, 0.15) is 0 Å². The Morgan fingerprint density at radius 1 is 0.250 bits per heavy atom. The van der Waals surface area contributed by atoms with Crippen LogP contribution in [0.5, 0.6) is 0 Å². The van der Waals surface area contributed by atoms with Gasteiger partial charge in [0, 0.05) is 0 Å². The Kier molecular flexibility index (Phi) is 5.24. The maximum absolute atomic E-state index is 2.42. The standard InChI is InChI=1S/C40H26/c1-3-13-27(14-4-1)37-25-29-17-7-8-18-31(29)38-26-30(23-24-32(37)38)40-35-21-11-9-19-33(35)39(28-15-5-2-6-16-28)34-20-10-12-22-36(34)40/h1-26H. The molecule has 0 heterocycles. The van der Waals surface area contributed by atoms with Crippen molar-refractivity contribution in [1.29, 1.82) is 0 Å². The second kappa shape index (κ2) is 9.22. The largest absolute Gasteiger partial charge is 0.0622 e. The summed E-state index contributed by atoms with van der Waals surface area (Å²) in [4.78, 5) is 0. The Labute approximate surface area is 233 Å². The molecule has 8 aromatic rings. The van der Waals surface area contributed by atoms with E-state index in [0.717, 1.165) is 0 Å². The molecule has 40 heavy (non-hydrogen) atoms. The average Bonchev–Trinajstić information content (AvgIpc) is 3.03. The lowest BCUT2D eigenvalue weighted by atomic mass is 9.85. The monoisotopic (exact) mass is 506 g/mol. The van der Waals surface area contributed by atoms with Gasteiger partial charge < -0.3 is 0 Å². The molecule has 0 aromatic heterocycles. The van der Waals surface area contributed by atoms with E-state index in [9.17, 15) is 0 Å². The highest BCUT2D eigenvalue weighted by atomic mass is 14.2. The van der Waals surface area contributed by atoms with Crippen LogP contribution >= 0.6 is 0 Å². The minimum atomic E-state index is 1.24. The Morgan fingerprint density at radius 2 is 0.725 bits per heavy atom. The second-order valence-corrected chi connectivity index (χ2v) is 10.5. The van der Waals surface area contributed by atoms with E-state index in [0.29, 0.717) is 0 Å². The molecule has 0 atom stereocenters. The summed E-state index contributed by atoms with van der Waals surface area (Å²) in [6, 6.07) is 57.5. The Hall–Kier alpha value is -5.20. The van der Waals surface area contributed by atoms with Crippen molar-refractivity contribution in [1.82, 2.24) is 0 Å². The number of fused-ring (bicyclic) bond motifs is 5. The molecule has 0 heteroatoms. The molecular formula is C40H26. The summed E-state index contributed by atoms with van der Waals surface area (Å²) in [5, 5.41) is 10.2. The molecule has 8 aromatic carbocycles. The average molecular weight is 507 g/mol. The van der Waals surface area contributed by atoms with Crippen molar-refractivity contribution in [2.24, 2.45) is 0 Å². The van der Waals surface area contributed by atoms with E-state index in [-0.39, 0.29) is 0 Å². The molecule has 0 saturated carbocycles. The van der Waals surface area contributed by atoms with Gasteiger partial charge in [0.1, 0.15) is 0 Å². The minimum Gasteiger partial charge on any atom is -0.0622 e. The van der Waals surface area contributed by atoms with Crippen LogP contribution in [0.4, 0.5) is 0 Å². The summed E-state index contributed by atoms with van der Waals surface area (Å²) < 4.78 is 0. The van der Waals surface area contributed by atoms with Crippen LogP contribution < -0.4 is 0 Å². The molecule has 0 radical (unpaired) electrons. The number of benzene rings is 8. The second-order valence-electron chi connectivity index (χ2n) is 10.5. The highest BCUT2D eigenvalue weighted by molar-refractivity contribution is 6.23. The molecule has 0 nitrogen and oxygen atoms in total. The van der Waals surface area contributed by atoms with Gasteiger partial charge in [0.05, 0.1) is 0 Å². The fourth-order valence-electron chi connectivity index (χ4n) is 6.47. The third-order valence-corrected chi connectivity index (χ3v) is 8.23. The van der Waals surface area contributed by atoms with E-state index >= 15 is 0 Å². The van der Waals surface area contributed by atoms with Crippen LogP contribution in [0, 0.1) is 0 Å². The first-order valence-electron chi connectivity index (χ1n) is 13.9. The summed E-state index contributed by atoms with van der Waals surface area (Å²) in [5.74, 6) is 0. The molecule has 0 amide bonds. The van der Waals surface area contributed by atoms with Gasteiger partial charge in [-0.3, -0.25) is 0 Å². The van der Waals surface area contributed by atoms with Gasteiger partial charge in [-0.1, -0.05) is 146 Å². The first kappa shape index (κ1) is 22.8. The molecule has 0 aliphatic rings. The van der Waals surface area contributed by atoms with Gasteiger partial charge >= 0.3 is 0 Å². The molecule has 0 bridgehead atoms. The van der Waals surface area contributed by atoms with Crippen molar-refractivity contribution in [2.45, 2.75) is 0 Å². The zero-order valence-corrected chi connectivity index (χ0v) is 22.0. The number of hydrogen-bond donors (Lipinski definition) is 0. The van der Waals surface area contributed by atoms with Crippen LogP contribution in [0.2, 0.25) is 0 Å². The van der Waals surface area contributed by atoms with Gasteiger partial charge in [0.15, 0.2) is 0 Å². The quantitative estimate of drug-likeness (QED) is 0.165. The van der Waals surface area contributed by atoms with E-state index in [1.165, 1.54) is 76.5 Å². The van der Waals surface area contributed by atoms with E-state index in [1.54, 1.807) is 0 Å². The van der Waals surface area contributed by atoms with Crippen LogP contribution in [0.15, 0.2) is 158 Å². The first-order valence-corrected chi connectivity index (χ1v) is 13.9. The van der Waals surface area contributed by atoms with Crippen LogP contribution in [-0.4, -0.2) is 0 Å². The summed E-state index contributed by atoms with van der Waals surface area (Å²) in [6.45, 7) is 0. The van der Waals surface area contributed by atoms with Crippen molar-refractivity contribution in [3.05, 3.63) is 158 Å². The zero-order chi connectivity index (χ0) is 26.5. The number of rotatable bonds is 3. The maximum atomic E-state index is 2.42. The van der Waals surface area contributed by atoms with Crippen molar-refractivity contribution in [3.8, 4) is 33.4 Å². The lowest BCUT2D eigenvalue weighted by molar-refractivity contribution is 1.65. The molecule has 186 valence electrons. The van der Waals surface area contributed by atoms with Gasteiger partial charge in [0.2, 0.25) is 0 Å². The third kappa shape index (κ3) is 3.54. The molecule has 0 aliphatic carbocycles. The summed E-state index contributed by atoms with van der Waals surface area (Å²) in [7, 11) is 0. The van der Waals surface area contributed by atoms with Crippen molar-refractivity contribution in [3.63, 3.8) is 0 Å². The molecule has 8 rings (SSSR count). The normalized spacial score (nSPS) is 11.5. The Morgan fingerprint density at radius 3 is 1.32 bits per heavy atom. The fourth-order valence-corrected chi connectivity index (χ4v) is 6.47. The molecule has 0 N–H and O–H groups in total.